The SMILES string of the molecule is COCC(N)C(=O)Nc1cccc(OCCF)c1.Cl. The lowest BCUT2D eigenvalue weighted by atomic mass is 10.2. The molecule has 108 valence electrons. The number of carbonyl (C=O) groups is 1. The van der Waals surface area contributed by atoms with Gasteiger partial charge in [-0.05, 0) is 12.1 Å². The summed E-state index contributed by atoms with van der Waals surface area (Å²) in [5.74, 6) is 0.144. The molecule has 1 aromatic carbocycles. The molecular weight excluding hydrogens is 275 g/mol. The number of methoxy groups -OCH3 is 1. The van der Waals surface area contributed by atoms with Crippen LogP contribution in [0.4, 0.5) is 10.1 Å². The Kier molecular flexibility index (Phi) is 8.86. The second kappa shape index (κ2) is 9.55. The van der Waals surface area contributed by atoms with Crippen molar-refractivity contribution in [2.24, 2.45) is 5.73 Å². The fourth-order valence-electron chi connectivity index (χ4n) is 1.31. The molecular formula is C12H18ClFN2O3. The lowest BCUT2D eigenvalue weighted by Gasteiger charge is -2.12. The third kappa shape index (κ3) is 6.37. The Hall–Kier alpha value is -1.37. The number of benzene rings is 1. The Bertz CT molecular complexity index is 393. The van der Waals surface area contributed by atoms with Crippen molar-refractivity contribution in [1.82, 2.24) is 0 Å². The third-order valence-corrected chi connectivity index (χ3v) is 2.13. The van der Waals surface area contributed by atoms with Crippen molar-refractivity contribution in [2.75, 3.05) is 32.3 Å². The van der Waals surface area contributed by atoms with Gasteiger partial charge in [-0.2, -0.15) is 0 Å². The number of hydrogen-bond acceptors (Lipinski definition) is 4. The van der Waals surface area contributed by atoms with Crippen LogP contribution < -0.4 is 15.8 Å². The summed E-state index contributed by atoms with van der Waals surface area (Å²) < 4.78 is 21.8. The molecule has 7 heteroatoms. The zero-order valence-electron chi connectivity index (χ0n) is 10.6. The maximum absolute atomic E-state index is 12.0. The van der Waals surface area contributed by atoms with Gasteiger partial charge in [0.1, 0.15) is 25.1 Å². The minimum atomic E-state index is -0.731. The fraction of sp³-hybridized carbons (Fsp3) is 0.417. The molecule has 0 aliphatic heterocycles. The molecule has 0 saturated carbocycles. The maximum atomic E-state index is 12.0. The minimum absolute atomic E-state index is 0. The summed E-state index contributed by atoms with van der Waals surface area (Å²) >= 11 is 0. The first-order valence-electron chi connectivity index (χ1n) is 5.51. The summed E-state index contributed by atoms with van der Waals surface area (Å²) in [7, 11) is 1.47. The monoisotopic (exact) mass is 292 g/mol. The number of anilines is 1. The lowest BCUT2D eigenvalue weighted by Crippen LogP contribution is -2.39. The standard InChI is InChI=1S/C12H17FN2O3.ClH/c1-17-8-11(14)12(16)15-9-3-2-4-10(7-9)18-6-5-13;/h2-4,7,11H,5-6,8,14H2,1H3,(H,15,16);1H. The van der Waals surface area contributed by atoms with Crippen LogP contribution in [-0.4, -0.2) is 38.9 Å². The first-order chi connectivity index (χ1) is 8.67. The lowest BCUT2D eigenvalue weighted by molar-refractivity contribution is -0.118. The predicted octanol–water partition coefficient (Wildman–Crippen LogP) is 1.37. The molecule has 0 spiro atoms. The number of nitrogens with one attached hydrogen (secondary N) is 1. The van der Waals surface area contributed by atoms with Crippen molar-refractivity contribution in [3.05, 3.63) is 24.3 Å². The number of amides is 1. The highest BCUT2D eigenvalue weighted by atomic mass is 35.5. The second-order valence-corrected chi connectivity index (χ2v) is 3.62. The Balaban J connectivity index is 0.00000324. The van der Waals surface area contributed by atoms with E-state index in [9.17, 15) is 9.18 Å². The molecule has 5 nitrogen and oxygen atoms in total. The zero-order chi connectivity index (χ0) is 13.4. The van der Waals surface area contributed by atoms with Gasteiger partial charge in [0.15, 0.2) is 0 Å². The van der Waals surface area contributed by atoms with E-state index in [-0.39, 0.29) is 31.5 Å². The van der Waals surface area contributed by atoms with Gasteiger partial charge in [-0.1, -0.05) is 6.07 Å². The zero-order valence-corrected chi connectivity index (χ0v) is 11.4. The van der Waals surface area contributed by atoms with Crippen LogP contribution in [0.3, 0.4) is 0 Å². The summed E-state index contributed by atoms with van der Waals surface area (Å²) in [6.45, 7) is -0.431. The van der Waals surface area contributed by atoms with Crippen molar-refractivity contribution >= 4 is 24.0 Å². The maximum Gasteiger partial charge on any atom is 0.243 e. The highest BCUT2D eigenvalue weighted by molar-refractivity contribution is 5.94. The van der Waals surface area contributed by atoms with E-state index in [1.54, 1.807) is 24.3 Å². The summed E-state index contributed by atoms with van der Waals surface area (Å²) in [4.78, 5) is 11.6. The van der Waals surface area contributed by atoms with E-state index < -0.39 is 12.7 Å². The van der Waals surface area contributed by atoms with Crippen LogP contribution in [-0.2, 0) is 9.53 Å². The largest absolute Gasteiger partial charge is 0.491 e. The molecule has 0 fully saturated rings. The van der Waals surface area contributed by atoms with E-state index >= 15 is 0 Å². The van der Waals surface area contributed by atoms with Gasteiger partial charge in [-0.15, -0.1) is 12.4 Å². The van der Waals surface area contributed by atoms with Gasteiger partial charge in [0.05, 0.1) is 6.61 Å². The number of rotatable bonds is 7. The van der Waals surface area contributed by atoms with E-state index in [0.29, 0.717) is 11.4 Å². The van der Waals surface area contributed by atoms with Gasteiger partial charge in [0.2, 0.25) is 5.91 Å². The summed E-state index contributed by atoms with van der Waals surface area (Å²) in [6.07, 6.45) is 0. The number of nitrogens with two attached hydrogens (primary N) is 1. The highest BCUT2D eigenvalue weighted by Gasteiger charge is 2.13. The fourth-order valence-corrected chi connectivity index (χ4v) is 1.31. The molecule has 19 heavy (non-hydrogen) atoms. The summed E-state index contributed by atoms with van der Waals surface area (Å²) in [6, 6.07) is 5.95. The number of carbonyl (C=O) groups excluding carboxylic acids is 1. The van der Waals surface area contributed by atoms with Crippen LogP contribution in [0, 0.1) is 0 Å². The molecule has 1 rings (SSSR count). The number of ether oxygens (including phenoxy) is 2. The molecule has 1 aromatic rings. The molecule has 0 aromatic heterocycles. The van der Waals surface area contributed by atoms with Gasteiger partial charge >= 0.3 is 0 Å². The van der Waals surface area contributed by atoms with Crippen LogP contribution in [0.25, 0.3) is 0 Å². The summed E-state index contributed by atoms with van der Waals surface area (Å²) in [5, 5.41) is 2.63. The molecule has 0 heterocycles. The highest BCUT2D eigenvalue weighted by Crippen LogP contribution is 2.17. The van der Waals surface area contributed by atoms with Gasteiger partial charge < -0.3 is 20.5 Å². The van der Waals surface area contributed by atoms with Crippen LogP contribution in [0.2, 0.25) is 0 Å². The minimum Gasteiger partial charge on any atom is -0.491 e. The molecule has 0 saturated heterocycles. The average Bonchev–Trinajstić information content (AvgIpc) is 2.37. The van der Waals surface area contributed by atoms with E-state index in [1.165, 1.54) is 7.11 Å². The quantitative estimate of drug-likeness (QED) is 0.796. The Morgan fingerprint density at radius 2 is 2.26 bits per heavy atom. The van der Waals surface area contributed by atoms with Gasteiger partial charge in [-0.3, -0.25) is 4.79 Å². The van der Waals surface area contributed by atoms with Crippen molar-refractivity contribution < 1.29 is 18.7 Å². The number of hydrogen-bond donors (Lipinski definition) is 2. The second-order valence-electron chi connectivity index (χ2n) is 3.62. The van der Waals surface area contributed by atoms with Crippen molar-refractivity contribution in [2.45, 2.75) is 6.04 Å². The molecule has 1 atom stereocenters. The van der Waals surface area contributed by atoms with E-state index in [4.69, 9.17) is 15.2 Å². The smallest absolute Gasteiger partial charge is 0.243 e. The summed E-state index contributed by atoms with van der Waals surface area (Å²) in [5.41, 5.74) is 6.12. The van der Waals surface area contributed by atoms with E-state index in [1.807, 2.05) is 0 Å². The topological polar surface area (TPSA) is 73.6 Å². The normalized spacial score (nSPS) is 11.3. The predicted molar refractivity (Wildman–Crippen MR) is 73.6 cm³/mol. The van der Waals surface area contributed by atoms with Gasteiger partial charge in [0, 0.05) is 18.9 Å². The van der Waals surface area contributed by atoms with Crippen LogP contribution in [0.5, 0.6) is 5.75 Å². The van der Waals surface area contributed by atoms with Gasteiger partial charge in [0.25, 0.3) is 0 Å². The molecule has 3 N–H and O–H groups in total. The van der Waals surface area contributed by atoms with Crippen LogP contribution in [0.15, 0.2) is 24.3 Å². The Morgan fingerprint density at radius 3 is 2.89 bits per heavy atom. The molecule has 0 aliphatic carbocycles. The molecule has 1 unspecified atom stereocenters. The first-order valence-corrected chi connectivity index (χ1v) is 5.51. The number of halogens is 2. The van der Waals surface area contributed by atoms with Crippen LogP contribution >= 0.6 is 12.4 Å². The first kappa shape index (κ1) is 17.6. The third-order valence-electron chi connectivity index (χ3n) is 2.13. The van der Waals surface area contributed by atoms with Crippen molar-refractivity contribution in [1.29, 1.82) is 0 Å². The molecule has 0 radical (unpaired) electrons. The Labute approximate surface area is 117 Å². The van der Waals surface area contributed by atoms with Gasteiger partial charge in [-0.25, -0.2) is 4.39 Å². The van der Waals surface area contributed by atoms with Crippen molar-refractivity contribution in [3.63, 3.8) is 0 Å². The van der Waals surface area contributed by atoms with Crippen molar-refractivity contribution in [3.8, 4) is 5.75 Å². The van der Waals surface area contributed by atoms with Crippen LogP contribution in [0.1, 0.15) is 0 Å². The molecule has 0 aliphatic rings. The molecule has 0 bridgehead atoms. The average molecular weight is 293 g/mol. The Morgan fingerprint density at radius 1 is 1.53 bits per heavy atom. The molecule has 1 amide bonds. The van der Waals surface area contributed by atoms with E-state index in [2.05, 4.69) is 5.32 Å². The number of alkyl halides is 1. The van der Waals surface area contributed by atoms with E-state index in [0.717, 1.165) is 0 Å².